The van der Waals surface area contributed by atoms with Gasteiger partial charge in [-0.05, 0) is 53.2 Å². The zero-order valence-electron chi connectivity index (χ0n) is 15.5. The van der Waals surface area contributed by atoms with Crippen molar-refractivity contribution in [1.82, 2.24) is 14.7 Å². The van der Waals surface area contributed by atoms with Crippen LogP contribution < -0.4 is 4.72 Å². The largest absolute Gasteiger partial charge is 0.383 e. The summed E-state index contributed by atoms with van der Waals surface area (Å²) in [5, 5.41) is 0.0904. The van der Waals surface area contributed by atoms with E-state index in [9.17, 15) is 12.8 Å². The van der Waals surface area contributed by atoms with Gasteiger partial charge in [0.05, 0.1) is 21.8 Å². The Morgan fingerprint density at radius 2 is 2.00 bits per heavy atom. The first kappa shape index (κ1) is 21.9. The van der Waals surface area contributed by atoms with Crippen LogP contribution in [0.4, 0.5) is 4.39 Å². The Balaban J connectivity index is 1.94. The van der Waals surface area contributed by atoms with Gasteiger partial charge in [-0.3, -0.25) is 0 Å². The van der Waals surface area contributed by atoms with Crippen LogP contribution in [0.15, 0.2) is 52.0 Å². The van der Waals surface area contributed by atoms with Gasteiger partial charge in [-0.15, -0.1) is 0 Å². The maximum absolute atomic E-state index is 13.8. The molecule has 0 aliphatic heterocycles. The van der Waals surface area contributed by atoms with Gasteiger partial charge in [0, 0.05) is 30.5 Å². The van der Waals surface area contributed by atoms with Crippen molar-refractivity contribution in [2.75, 3.05) is 13.7 Å². The number of nitrogens with zero attached hydrogens (tertiary/aromatic N) is 1. The highest BCUT2D eigenvalue weighted by Crippen LogP contribution is 2.29. The number of rotatable bonds is 7. The van der Waals surface area contributed by atoms with Gasteiger partial charge in [0.15, 0.2) is 0 Å². The molecule has 1 heterocycles. The van der Waals surface area contributed by atoms with E-state index in [-0.39, 0.29) is 16.5 Å². The van der Waals surface area contributed by atoms with Crippen molar-refractivity contribution in [2.45, 2.75) is 17.9 Å². The molecule has 0 radical (unpaired) electrons. The highest BCUT2D eigenvalue weighted by molar-refractivity contribution is 9.10. The smallest absolute Gasteiger partial charge is 0.242 e. The van der Waals surface area contributed by atoms with Crippen LogP contribution >= 0.6 is 27.5 Å². The lowest BCUT2D eigenvalue weighted by Gasteiger charge is -2.14. The summed E-state index contributed by atoms with van der Waals surface area (Å²) < 4.78 is 47.0. The second-order valence-corrected chi connectivity index (χ2v) is 9.33. The normalized spacial score (nSPS) is 12.9. The fourth-order valence-electron chi connectivity index (χ4n) is 2.74. The molecule has 0 saturated heterocycles. The first-order chi connectivity index (χ1) is 13.7. The lowest BCUT2D eigenvalue weighted by Crippen LogP contribution is -2.35. The van der Waals surface area contributed by atoms with Crippen LogP contribution in [0.5, 0.6) is 0 Å². The van der Waals surface area contributed by atoms with Gasteiger partial charge in [-0.25, -0.2) is 22.5 Å². The third kappa shape index (κ3) is 5.04. The average Bonchev–Trinajstić information content (AvgIpc) is 3.14. The van der Waals surface area contributed by atoms with Crippen molar-refractivity contribution in [3.8, 4) is 22.6 Å². The lowest BCUT2D eigenvalue weighted by atomic mass is 10.2. The Hall–Kier alpha value is -1.78. The molecule has 0 fully saturated rings. The molecule has 0 spiro atoms. The Morgan fingerprint density at radius 1 is 1.28 bits per heavy atom. The van der Waals surface area contributed by atoms with Crippen LogP contribution in [0, 0.1) is 5.82 Å². The minimum atomic E-state index is -3.86. The zero-order chi connectivity index (χ0) is 21.2. The van der Waals surface area contributed by atoms with E-state index >= 15 is 0 Å². The molecule has 0 bridgehead atoms. The molecule has 1 atom stereocenters. The monoisotopic (exact) mass is 501 g/mol. The van der Waals surface area contributed by atoms with E-state index in [1.165, 1.54) is 25.3 Å². The van der Waals surface area contributed by atoms with E-state index in [1.807, 2.05) is 0 Å². The molecule has 29 heavy (non-hydrogen) atoms. The number of methoxy groups -OCH3 is 1. The average molecular weight is 503 g/mol. The molecule has 1 unspecified atom stereocenters. The second-order valence-electron chi connectivity index (χ2n) is 6.39. The molecule has 3 aromatic rings. The maximum Gasteiger partial charge on any atom is 0.242 e. The van der Waals surface area contributed by atoms with E-state index in [0.29, 0.717) is 27.1 Å². The SMILES string of the molecule is COCC(C)NS(=O)(=O)c1cc(-c2nc(-c3ccc(Br)c(F)c3)c[nH]2)ccc1Cl. The van der Waals surface area contributed by atoms with Crippen LogP contribution in [0.3, 0.4) is 0 Å². The number of H-pyrrole nitrogens is 1. The minimum Gasteiger partial charge on any atom is -0.383 e. The number of benzene rings is 2. The van der Waals surface area contributed by atoms with Crippen LogP contribution in [0.25, 0.3) is 22.6 Å². The van der Waals surface area contributed by atoms with E-state index in [1.54, 1.807) is 31.3 Å². The topological polar surface area (TPSA) is 84.1 Å². The zero-order valence-corrected chi connectivity index (χ0v) is 18.7. The number of halogens is 3. The van der Waals surface area contributed by atoms with Crippen molar-refractivity contribution in [2.24, 2.45) is 0 Å². The van der Waals surface area contributed by atoms with Gasteiger partial charge in [0.1, 0.15) is 16.5 Å². The molecule has 0 aliphatic carbocycles. The summed E-state index contributed by atoms with van der Waals surface area (Å²) in [4.78, 5) is 7.38. The fraction of sp³-hybridized carbons (Fsp3) is 0.211. The summed E-state index contributed by atoms with van der Waals surface area (Å²) >= 11 is 9.25. The number of hydrogen-bond donors (Lipinski definition) is 2. The number of aromatic amines is 1. The van der Waals surface area contributed by atoms with Gasteiger partial charge in [-0.2, -0.15) is 0 Å². The first-order valence-corrected chi connectivity index (χ1v) is 11.2. The van der Waals surface area contributed by atoms with E-state index in [0.717, 1.165) is 0 Å². The van der Waals surface area contributed by atoms with Crippen molar-refractivity contribution in [3.63, 3.8) is 0 Å². The lowest BCUT2D eigenvalue weighted by molar-refractivity contribution is 0.180. The van der Waals surface area contributed by atoms with Crippen LogP contribution in [0.2, 0.25) is 5.02 Å². The van der Waals surface area contributed by atoms with Crippen LogP contribution in [-0.4, -0.2) is 38.1 Å². The van der Waals surface area contributed by atoms with Gasteiger partial charge >= 0.3 is 0 Å². The molecular formula is C19H18BrClFN3O3S. The second kappa shape index (κ2) is 8.93. The highest BCUT2D eigenvalue weighted by atomic mass is 79.9. The molecular weight excluding hydrogens is 485 g/mol. The Morgan fingerprint density at radius 3 is 2.69 bits per heavy atom. The number of ether oxygens (including phenoxy) is 1. The van der Waals surface area contributed by atoms with Crippen molar-refractivity contribution in [3.05, 3.63) is 57.9 Å². The fourth-order valence-corrected chi connectivity index (χ4v) is 4.74. The van der Waals surface area contributed by atoms with Gasteiger partial charge in [0.2, 0.25) is 10.0 Å². The summed E-state index contributed by atoms with van der Waals surface area (Å²) in [6.07, 6.45) is 1.62. The van der Waals surface area contributed by atoms with Crippen LogP contribution in [0.1, 0.15) is 6.92 Å². The van der Waals surface area contributed by atoms with Crippen molar-refractivity contribution >= 4 is 37.6 Å². The minimum absolute atomic E-state index is 0.0627. The summed E-state index contributed by atoms with van der Waals surface area (Å²) in [6.45, 7) is 1.91. The number of hydrogen-bond acceptors (Lipinski definition) is 4. The molecule has 1 aromatic heterocycles. The molecule has 3 rings (SSSR count). The maximum atomic E-state index is 13.8. The van der Waals surface area contributed by atoms with Crippen molar-refractivity contribution < 1.29 is 17.5 Å². The molecule has 0 aliphatic rings. The quantitative estimate of drug-likeness (QED) is 0.494. The summed E-state index contributed by atoms with van der Waals surface area (Å²) in [5.41, 5.74) is 1.64. The van der Waals surface area contributed by atoms with Gasteiger partial charge in [0.25, 0.3) is 0 Å². The molecule has 154 valence electrons. The van der Waals surface area contributed by atoms with Crippen LogP contribution in [-0.2, 0) is 14.8 Å². The summed E-state index contributed by atoms with van der Waals surface area (Å²) in [6, 6.07) is 8.86. The molecule has 2 aromatic carbocycles. The number of nitrogens with one attached hydrogen (secondary N) is 2. The standard InChI is InChI=1S/C19H18BrClFN3O3S/c1-11(10-28-2)25-29(26,27)18-8-13(4-6-15(18)21)19-23-9-17(24-19)12-3-5-14(20)16(22)7-12/h3-9,11,25H,10H2,1-2H3,(H,23,24). The third-order valence-electron chi connectivity index (χ3n) is 4.06. The molecule has 0 amide bonds. The Kier molecular flexibility index (Phi) is 6.75. The molecule has 10 heteroatoms. The van der Waals surface area contributed by atoms with Gasteiger partial charge < -0.3 is 9.72 Å². The van der Waals surface area contributed by atoms with Gasteiger partial charge in [-0.1, -0.05) is 17.7 Å². The van der Waals surface area contributed by atoms with E-state index in [2.05, 4.69) is 30.6 Å². The number of sulfonamides is 1. The van der Waals surface area contributed by atoms with E-state index in [4.69, 9.17) is 16.3 Å². The van der Waals surface area contributed by atoms with E-state index < -0.39 is 21.9 Å². The molecule has 2 N–H and O–H groups in total. The molecule has 6 nitrogen and oxygen atoms in total. The Bertz CT molecular complexity index is 1140. The predicted molar refractivity (Wildman–Crippen MR) is 114 cm³/mol. The van der Waals surface area contributed by atoms with Crippen molar-refractivity contribution in [1.29, 1.82) is 0 Å². The number of aromatic nitrogens is 2. The third-order valence-corrected chi connectivity index (χ3v) is 6.77. The number of imidazole rings is 1. The first-order valence-electron chi connectivity index (χ1n) is 8.53. The predicted octanol–water partition coefficient (Wildman–Crippen LogP) is 4.61. The summed E-state index contributed by atoms with van der Waals surface area (Å²) in [7, 11) is -2.37. The molecule has 0 saturated carbocycles. The highest BCUT2D eigenvalue weighted by Gasteiger charge is 2.22. The summed E-state index contributed by atoms with van der Waals surface area (Å²) in [5.74, 6) is 0.0320. The Labute approximate surface area is 181 Å².